The summed E-state index contributed by atoms with van der Waals surface area (Å²) in [7, 11) is 0. The highest BCUT2D eigenvalue weighted by atomic mass is 19.1. The molecule has 0 atom stereocenters. The lowest BCUT2D eigenvalue weighted by atomic mass is 10.1. The standard InChI is InChI=1S/C11H6FNO/c12-11-4-3-9(5-6-13)10(8-11)2-1-7-14/h3-4,7-8H,5H2. The first kappa shape index (κ1) is 9.95. The molecule has 14 heavy (non-hydrogen) atoms. The maximum Gasteiger partial charge on any atom is 0.193 e. The normalized spacial score (nSPS) is 8.29. The lowest BCUT2D eigenvalue weighted by Gasteiger charge is -1.98. The zero-order chi connectivity index (χ0) is 10.4. The van der Waals surface area contributed by atoms with Crippen molar-refractivity contribution in [2.75, 3.05) is 0 Å². The number of benzene rings is 1. The molecule has 0 spiro atoms. The number of hydrogen-bond acceptors (Lipinski definition) is 2. The molecule has 0 heterocycles. The predicted octanol–water partition coefficient (Wildman–Crippen LogP) is 1.44. The van der Waals surface area contributed by atoms with Gasteiger partial charge in [0, 0.05) is 5.56 Å². The van der Waals surface area contributed by atoms with Crippen LogP contribution >= 0.6 is 0 Å². The van der Waals surface area contributed by atoms with Crippen LogP contribution in [0.3, 0.4) is 0 Å². The second-order valence-electron chi connectivity index (χ2n) is 2.52. The highest BCUT2D eigenvalue weighted by Gasteiger charge is 2.00. The van der Waals surface area contributed by atoms with Crippen molar-refractivity contribution in [2.45, 2.75) is 6.42 Å². The quantitative estimate of drug-likeness (QED) is 0.493. The van der Waals surface area contributed by atoms with Crippen LogP contribution in [0.15, 0.2) is 18.2 Å². The van der Waals surface area contributed by atoms with Gasteiger partial charge < -0.3 is 0 Å². The number of rotatable bonds is 1. The topological polar surface area (TPSA) is 40.9 Å². The highest BCUT2D eigenvalue weighted by Crippen LogP contribution is 2.10. The van der Waals surface area contributed by atoms with Crippen LogP contribution in [-0.4, -0.2) is 6.29 Å². The first-order valence-corrected chi connectivity index (χ1v) is 3.88. The molecule has 68 valence electrons. The van der Waals surface area contributed by atoms with E-state index in [0.29, 0.717) is 17.4 Å². The molecule has 0 radical (unpaired) electrons. The van der Waals surface area contributed by atoms with Crippen LogP contribution in [0.5, 0.6) is 0 Å². The number of nitriles is 1. The van der Waals surface area contributed by atoms with E-state index in [1.165, 1.54) is 18.2 Å². The van der Waals surface area contributed by atoms with Crippen LogP contribution in [0.4, 0.5) is 4.39 Å². The van der Waals surface area contributed by atoms with Gasteiger partial charge in [-0.3, -0.25) is 4.79 Å². The van der Waals surface area contributed by atoms with E-state index in [4.69, 9.17) is 5.26 Å². The molecule has 3 heteroatoms. The summed E-state index contributed by atoms with van der Waals surface area (Å²) in [6, 6.07) is 5.91. The smallest absolute Gasteiger partial charge is 0.193 e. The molecule has 0 saturated carbocycles. The summed E-state index contributed by atoms with van der Waals surface area (Å²) in [5.41, 5.74) is 1.02. The van der Waals surface area contributed by atoms with Gasteiger partial charge in [0.2, 0.25) is 0 Å². The number of halogens is 1. The molecule has 1 aromatic rings. The van der Waals surface area contributed by atoms with E-state index in [9.17, 15) is 9.18 Å². The van der Waals surface area contributed by atoms with Gasteiger partial charge in [-0.25, -0.2) is 4.39 Å². The summed E-state index contributed by atoms with van der Waals surface area (Å²) >= 11 is 0. The third-order valence-electron chi connectivity index (χ3n) is 1.61. The van der Waals surface area contributed by atoms with Gasteiger partial charge in [-0.2, -0.15) is 5.26 Å². The van der Waals surface area contributed by atoms with Crippen LogP contribution in [-0.2, 0) is 11.2 Å². The van der Waals surface area contributed by atoms with Crippen LogP contribution in [0.1, 0.15) is 11.1 Å². The molecule has 1 rings (SSSR count). The summed E-state index contributed by atoms with van der Waals surface area (Å²) in [6.07, 6.45) is 0.588. The monoisotopic (exact) mass is 187 g/mol. The molecule has 0 aliphatic rings. The average Bonchev–Trinajstić information content (AvgIpc) is 2.18. The van der Waals surface area contributed by atoms with Crippen molar-refractivity contribution < 1.29 is 9.18 Å². The van der Waals surface area contributed by atoms with Crippen molar-refractivity contribution in [3.05, 3.63) is 35.1 Å². The minimum absolute atomic E-state index is 0.156. The second-order valence-corrected chi connectivity index (χ2v) is 2.52. The van der Waals surface area contributed by atoms with Crippen LogP contribution in [0.25, 0.3) is 0 Å². The van der Waals surface area contributed by atoms with Gasteiger partial charge in [-0.15, -0.1) is 0 Å². The maximum absolute atomic E-state index is 12.8. The zero-order valence-electron chi connectivity index (χ0n) is 7.25. The molecule has 2 nitrogen and oxygen atoms in total. The summed E-state index contributed by atoms with van der Waals surface area (Å²) in [5, 5.41) is 8.48. The lowest BCUT2D eigenvalue weighted by molar-refractivity contribution is -0.103. The Morgan fingerprint density at radius 1 is 1.50 bits per heavy atom. The maximum atomic E-state index is 12.8. The number of aldehydes is 1. The van der Waals surface area contributed by atoms with E-state index in [1.54, 1.807) is 0 Å². The summed E-state index contributed by atoms with van der Waals surface area (Å²) in [6.45, 7) is 0. The fraction of sp³-hybridized carbons (Fsp3) is 0.0909. The van der Waals surface area contributed by atoms with Crippen molar-refractivity contribution in [1.29, 1.82) is 5.26 Å². The van der Waals surface area contributed by atoms with E-state index < -0.39 is 5.82 Å². The lowest BCUT2D eigenvalue weighted by Crippen LogP contribution is -1.89. The first-order valence-electron chi connectivity index (χ1n) is 3.88. The Kier molecular flexibility index (Phi) is 3.41. The van der Waals surface area contributed by atoms with E-state index in [1.807, 2.05) is 6.07 Å². The molecular weight excluding hydrogens is 181 g/mol. The largest absolute Gasteiger partial charge is 0.289 e. The predicted molar refractivity (Wildman–Crippen MR) is 48.7 cm³/mol. The Balaban J connectivity index is 3.16. The highest BCUT2D eigenvalue weighted by molar-refractivity contribution is 5.74. The van der Waals surface area contributed by atoms with Crippen molar-refractivity contribution >= 4 is 6.29 Å². The molecular formula is C11H6FNO. The number of hydrogen-bond donors (Lipinski definition) is 0. The van der Waals surface area contributed by atoms with Gasteiger partial charge in [0.05, 0.1) is 12.5 Å². The van der Waals surface area contributed by atoms with Gasteiger partial charge in [0.15, 0.2) is 6.29 Å². The van der Waals surface area contributed by atoms with E-state index in [0.717, 1.165) is 0 Å². The third-order valence-corrected chi connectivity index (χ3v) is 1.61. The Bertz CT molecular complexity index is 449. The second kappa shape index (κ2) is 4.79. The molecule has 0 aromatic heterocycles. The zero-order valence-corrected chi connectivity index (χ0v) is 7.25. The molecule has 0 amide bonds. The first-order chi connectivity index (χ1) is 6.77. The van der Waals surface area contributed by atoms with Gasteiger partial charge in [-0.1, -0.05) is 12.0 Å². The minimum Gasteiger partial charge on any atom is -0.289 e. The fourth-order valence-electron chi connectivity index (χ4n) is 1.01. The van der Waals surface area contributed by atoms with Crippen LogP contribution in [0.2, 0.25) is 0 Å². The molecule has 1 aromatic carbocycles. The number of nitrogens with zero attached hydrogens (tertiary/aromatic N) is 1. The van der Waals surface area contributed by atoms with Gasteiger partial charge >= 0.3 is 0 Å². The SMILES string of the molecule is N#CCc1ccc(F)cc1C#CC=O. The number of carbonyl (C=O) groups is 1. The van der Waals surface area contributed by atoms with Gasteiger partial charge in [0.1, 0.15) is 5.82 Å². The van der Waals surface area contributed by atoms with E-state index in [-0.39, 0.29) is 6.42 Å². The Morgan fingerprint density at radius 3 is 2.93 bits per heavy atom. The van der Waals surface area contributed by atoms with Crippen LogP contribution in [0, 0.1) is 29.0 Å². The summed E-state index contributed by atoms with van der Waals surface area (Å²) in [5.74, 6) is 4.23. The molecule has 0 aliphatic heterocycles. The van der Waals surface area contributed by atoms with Crippen molar-refractivity contribution in [1.82, 2.24) is 0 Å². The van der Waals surface area contributed by atoms with Crippen molar-refractivity contribution in [3.63, 3.8) is 0 Å². The summed E-state index contributed by atoms with van der Waals surface area (Å²) < 4.78 is 12.8. The average molecular weight is 187 g/mol. The fourth-order valence-corrected chi connectivity index (χ4v) is 1.01. The van der Waals surface area contributed by atoms with E-state index >= 15 is 0 Å². The van der Waals surface area contributed by atoms with Crippen molar-refractivity contribution in [2.24, 2.45) is 0 Å². The molecule has 0 N–H and O–H groups in total. The molecule has 0 aliphatic carbocycles. The molecule has 0 fully saturated rings. The summed E-state index contributed by atoms with van der Waals surface area (Å²) in [4.78, 5) is 10.00. The van der Waals surface area contributed by atoms with Gasteiger partial charge in [-0.05, 0) is 23.6 Å². The van der Waals surface area contributed by atoms with Crippen molar-refractivity contribution in [3.8, 4) is 17.9 Å². The Labute approximate surface area is 81.0 Å². The molecule has 0 saturated heterocycles. The number of carbonyl (C=O) groups excluding carboxylic acids is 1. The third kappa shape index (κ3) is 2.43. The van der Waals surface area contributed by atoms with E-state index in [2.05, 4.69) is 11.8 Å². The molecule has 0 unspecified atom stereocenters. The molecule has 0 bridgehead atoms. The Hall–Kier alpha value is -2.13. The van der Waals surface area contributed by atoms with Crippen LogP contribution < -0.4 is 0 Å². The van der Waals surface area contributed by atoms with Gasteiger partial charge in [0.25, 0.3) is 0 Å². The minimum atomic E-state index is -0.429. The Morgan fingerprint density at radius 2 is 2.29 bits per heavy atom.